The monoisotopic (exact) mass is 200 g/mol. The van der Waals surface area contributed by atoms with Gasteiger partial charge in [-0.05, 0) is 6.42 Å². The second-order valence-electron chi connectivity index (χ2n) is 3.72. The Balaban J connectivity index is 4.14. The molecule has 0 radical (unpaired) electrons. The van der Waals surface area contributed by atoms with Crippen LogP contribution in [-0.2, 0) is 9.53 Å². The van der Waals surface area contributed by atoms with E-state index in [1.165, 1.54) is 6.92 Å². The van der Waals surface area contributed by atoms with Crippen LogP contribution in [0.5, 0.6) is 0 Å². The van der Waals surface area contributed by atoms with Crippen molar-refractivity contribution in [2.75, 3.05) is 0 Å². The highest BCUT2D eigenvalue weighted by atomic mass is 16.7. The van der Waals surface area contributed by atoms with Crippen molar-refractivity contribution >= 4 is 5.97 Å². The Morgan fingerprint density at radius 2 is 2.29 bits per heavy atom. The summed E-state index contributed by atoms with van der Waals surface area (Å²) >= 11 is 0. The number of hydrogen-bond acceptors (Lipinski definition) is 3. The fourth-order valence-electron chi connectivity index (χ4n) is 1.12. The molecule has 0 rings (SSSR count). The Morgan fingerprint density at radius 1 is 1.71 bits per heavy atom. The lowest BCUT2D eigenvalue weighted by Gasteiger charge is -2.29. The highest BCUT2D eigenvalue weighted by Gasteiger charge is 2.31. The predicted molar refractivity (Wildman–Crippen MR) is 55.6 cm³/mol. The average Bonchev–Trinajstić information content (AvgIpc) is 2.13. The van der Waals surface area contributed by atoms with E-state index in [9.17, 15) is 9.90 Å². The molecule has 82 valence electrons. The molecule has 0 aromatic heterocycles. The molecule has 0 saturated carbocycles. The highest BCUT2D eigenvalue weighted by Crippen LogP contribution is 2.23. The Hall–Kier alpha value is -0.830. The van der Waals surface area contributed by atoms with Gasteiger partial charge in [0.15, 0.2) is 0 Å². The van der Waals surface area contributed by atoms with Crippen molar-refractivity contribution in [1.82, 2.24) is 0 Å². The normalized spacial score (nSPS) is 16.9. The summed E-state index contributed by atoms with van der Waals surface area (Å²) in [4.78, 5) is 10.9. The fraction of sp³-hybridized carbons (Fsp3) is 0.727. The molecule has 0 aliphatic carbocycles. The Bertz CT molecular complexity index is 197. The van der Waals surface area contributed by atoms with E-state index in [-0.39, 0.29) is 5.92 Å². The van der Waals surface area contributed by atoms with Gasteiger partial charge < -0.3 is 9.84 Å². The van der Waals surface area contributed by atoms with Crippen LogP contribution in [0.3, 0.4) is 0 Å². The van der Waals surface area contributed by atoms with Gasteiger partial charge in [-0.25, -0.2) is 4.79 Å². The van der Waals surface area contributed by atoms with E-state index in [4.69, 9.17) is 4.74 Å². The molecule has 0 heterocycles. The van der Waals surface area contributed by atoms with Crippen molar-refractivity contribution in [3.8, 4) is 0 Å². The molecular formula is C11H20O3. The van der Waals surface area contributed by atoms with Crippen molar-refractivity contribution in [2.45, 2.75) is 45.8 Å². The van der Waals surface area contributed by atoms with Crippen LogP contribution in [0.4, 0.5) is 0 Å². The Kier molecular flexibility index (Phi) is 5.46. The first-order valence-electron chi connectivity index (χ1n) is 5.01. The molecule has 3 heteroatoms. The predicted octanol–water partition coefficient (Wildman–Crippen LogP) is 2.25. The molecule has 14 heavy (non-hydrogen) atoms. The second kappa shape index (κ2) is 5.81. The van der Waals surface area contributed by atoms with Crippen LogP contribution in [0.15, 0.2) is 12.7 Å². The van der Waals surface area contributed by atoms with Gasteiger partial charge in [-0.2, -0.15) is 0 Å². The SMILES string of the molecule is C=CC(=O)OC(C)(O)C(C)CCCC. The molecular weight excluding hydrogens is 180 g/mol. The van der Waals surface area contributed by atoms with Gasteiger partial charge in [-0.15, -0.1) is 0 Å². The van der Waals surface area contributed by atoms with Gasteiger partial charge in [-0.3, -0.25) is 0 Å². The number of unbranched alkanes of at least 4 members (excludes halogenated alkanes) is 1. The fourth-order valence-corrected chi connectivity index (χ4v) is 1.12. The summed E-state index contributed by atoms with van der Waals surface area (Å²) in [6, 6.07) is 0. The van der Waals surface area contributed by atoms with Crippen LogP contribution in [-0.4, -0.2) is 16.9 Å². The summed E-state index contributed by atoms with van der Waals surface area (Å²) < 4.78 is 4.84. The van der Waals surface area contributed by atoms with Crippen molar-refractivity contribution in [2.24, 2.45) is 5.92 Å². The van der Waals surface area contributed by atoms with E-state index in [0.29, 0.717) is 0 Å². The Labute approximate surface area is 85.8 Å². The minimum absolute atomic E-state index is 0.0636. The second-order valence-corrected chi connectivity index (χ2v) is 3.72. The summed E-state index contributed by atoms with van der Waals surface area (Å²) in [5, 5.41) is 9.82. The van der Waals surface area contributed by atoms with Gasteiger partial charge in [0.2, 0.25) is 5.79 Å². The number of carbonyl (C=O) groups is 1. The molecule has 0 spiro atoms. The zero-order chi connectivity index (χ0) is 11.2. The first kappa shape index (κ1) is 13.2. The minimum atomic E-state index is -1.39. The van der Waals surface area contributed by atoms with Crippen LogP contribution in [0.2, 0.25) is 0 Å². The van der Waals surface area contributed by atoms with Gasteiger partial charge in [0.1, 0.15) is 0 Å². The van der Waals surface area contributed by atoms with E-state index in [1.54, 1.807) is 0 Å². The summed E-state index contributed by atoms with van der Waals surface area (Å²) in [5.74, 6) is -2.04. The first-order valence-corrected chi connectivity index (χ1v) is 5.01. The van der Waals surface area contributed by atoms with Gasteiger partial charge >= 0.3 is 5.97 Å². The van der Waals surface area contributed by atoms with E-state index in [2.05, 4.69) is 13.5 Å². The summed E-state index contributed by atoms with van der Waals surface area (Å²) in [7, 11) is 0. The molecule has 0 aromatic rings. The number of esters is 1. The summed E-state index contributed by atoms with van der Waals surface area (Å²) in [5.41, 5.74) is 0. The summed E-state index contributed by atoms with van der Waals surface area (Å²) in [6.07, 6.45) is 3.98. The Morgan fingerprint density at radius 3 is 2.71 bits per heavy atom. The van der Waals surface area contributed by atoms with E-state index in [1.807, 2.05) is 6.92 Å². The lowest BCUT2D eigenvalue weighted by atomic mass is 9.96. The van der Waals surface area contributed by atoms with Gasteiger partial charge in [0.05, 0.1) is 0 Å². The summed E-state index contributed by atoms with van der Waals surface area (Å²) in [6.45, 7) is 8.74. The van der Waals surface area contributed by atoms with E-state index in [0.717, 1.165) is 25.3 Å². The molecule has 0 aromatic carbocycles. The zero-order valence-corrected chi connectivity index (χ0v) is 9.25. The largest absolute Gasteiger partial charge is 0.430 e. The van der Waals surface area contributed by atoms with Crippen molar-refractivity contribution in [3.63, 3.8) is 0 Å². The smallest absolute Gasteiger partial charge is 0.332 e. The van der Waals surface area contributed by atoms with E-state index >= 15 is 0 Å². The number of carbonyl (C=O) groups excluding carboxylic acids is 1. The molecule has 0 aliphatic rings. The maximum atomic E-state index is 10.9. The van der Waals surface area contributed by atoms with Gasteiger partial charge in [-0.1, -0.05) is 33.3 Å². The van der Waals surface area contributed by atoms with E-state index < -0.39 is 11.8 Å². The molecule has 0 amide bonds. The van der Waals surface area contributed by atoms with Crippen LogP contribution in [0.1, 0.15) is 40.0 Å². The molecule has 0 fully saturated rings. The van der Waals surface area contributed by atoms with Crippen LogP contribution in [0, 0.1) is 5.92 Å². The number of ether oxygens (including phenoxy) is 1. The van der Waals surface area contributed by atoms with Crippen LogP contribution in [0.25, 0.3) is 0 Å². The molecule has 3 nitrogen and oxygen atoms in total. The highest BCUT2D eigenvalue weighted by molar-refractivity contribution is 5.81. The van der Waals surface area contributed by atoms with Gasteiger partial charge in [0.25, 0.3) is 0 Å². The molecule has 0 saturated heterocycles. The molecule has 2 unspecified atom stereocenters. The number of hydrogen-bond donors (Lipinski definition) is 1. The third-order valence-electron chi connectivity index (χ3n) is 2.38. The molecule has 0 bridgehead atoms. The average molecular weight is 200 g/mol. The lowest BCUT2D eigenvalue weighted by Crippen LogP contribution is -2.37. The van der Waals surface area contributed by atoms with Crippen molar-refractivity contribution < 1.29 is 14.6 Å². The topological polar surface area (TPSA) is 46.5 Å². The third-order valence-corrected chi connectivity index (χ3v) is 2.38. The van der Waals surface area contributed by atoms with Crippen molar-refractivity contribution in [3.05, 3.63) is 12.7 Å². The standard InChI is InChI=1S/C11H20O3/c1-5-7-8-9(3)11(4,13)14-10(12)6-2/h6,9,13H,2,5,7-8H2,1,3-4H3. The van der Waals surface area contributed by atoms with Crippen LogP contribution < -0.4 is 0 Å². The maximum absolute atomic E-state index is 10.9. The first-order chi connectivity index (χ1) is 6.44. The van der Waals surface area contributed by atoms with Gasteiger partial charge in [0, 0.05) is 18.9 Å². The van der Waals surface area contributed by atoms with Crippen LogP contribution >= 0.6 is 0 Å². The maximum Gasteiger partial charge on any atom is 0.332 e. The lowest BCUT2D eigenvalue weighted by molar-refractivity contribution is -0.216. The molecule has 1 N–H and O–H groups in total. The third kappa shape index (κ3) is 4.42. The molecule has 0 aliphatic heterocycles. The number of rotatable bonds is 6. The van der Waals surface area contributed by atoms with Crippen molar-refractivity contribution in [1.29, 1.82) is 0 Å². The molecule has 2 atom stereocenters. The zero-order valence-electron chi connectivity index (χ0n) is 9.25. The quantitative estimate of drug-likeness (QED) is 0.406. The minimum Gasteiger partial charge on any atom is -0.430 e. The number of aliphatic hydroxyl groups is 1.